The molecule has 0 spiro atoms. The van der Waals surface area contributed by atoms with Gasteiger partial charge >= 0.3 is 0 Å². The summed E-state index contributed by atoms with van der Waals surface area (Å²) in [6, 6.07) is 0. The van der Waals surface area contributed by atoms with E-state index in [1.54, 1.807) is 0 Å². The van der Waals surface area contributed by atoms with E-state index in [0.29, 0.717) is 0 Å². The summed E-state index contributed by atoms with van der Waals surface area (Å²) < 4.78 is 0. The second-order valence-corrected chi connectivity index (χ2v) is 0. The van der Waals surface area contributed by atoms with Crippen molar-refractivity contribution in [2.24, 2.45) is 0 Å². The van der Waals surface area contributed by atoms with Gasteiger partial charge in [-0.25, -0.2) is 0 Å². The van der Waals surface area contributed by atoms with Crippen LogP contribution in [-0.2, 0) is 74.7 Å². The number of hydrogen-bond acceptors (Lipinski definition) is 0. The molecular weight excluding hydrogens is 309 g/mol. The fraction of sp³-hybridized carbons (Fsp3) is 0. The third-order valence-electron chi connectivity index (χ3n) is 0. The molecule has 0 aliphatic heterocycles. The third kappa shape index (κ3) is 20.8. The van der Waals surface area contributed by atoms with E-state index < -0.39 is 0 Å². The van der Waals surface area contributed by atoms with Crippen molar-refractivity contribution in [1.82, 2.24) is 0 Å². The van der Waals surface area contributed by atoms with Crippen LogP contribution in [0.1, 0.15) is 0 Å². The molecule has 0 aliphatic carbocycles. The van der Waals surface area contributed by atoms with Crippen molar-refractivity contribution in [3.8, 4) is 0 Å². The average Bonchev–Trinajstić information content (AvgIpc) is 0. The van der Waals surface area contributed by atoms with Gasteiger partial charge in [-0.3, -0.25) is 0 Å². The van der Waals surface area contributed by atoms with Crippen LogP contribution in [-0.4, -0.2) is 11.0 Å². The van der Waals surface area contributed by atoms with Crippen molar-refractivity contribution in [2.75, 3.05) is 0 Å². The summed E-state index contributed by atoms with van der Waals surface area (Å²) in [7, 11) is 0. The van der Waals surface area contributed by atoms with Crippen molar-refractivity contribution in [3.63, 3.8) is 0 Å². The van der Waals surface area contributed by atoms with E-state index in [-0.39, 0.29) is 85.6 Å². The first-order valence-corrected chi connectivity index (χ1v) is 0. The summed E-state index contributed by atoms with van der Waals surface area (Å²) in [5, 5.41) is 0. The van der Waals surface area contributed by atoms with Crippen molar-refractivity contribution < 1.29 is 74.7 Å². The maximum absolute atomic E-state index is 0. The Morgan fingerprint density at radius 1 is 1.00 bits per heavy atom. The van der Waals surface area contributed by atoms with Crippen LogP contribution in [0.5, 0.6) is 0 Å². The Hall–Kier alpha value is 2.57. The molecule has 0 rings (SSSR count). The Labute approximate surface area is 84.6 Å². The smallest absolute Gasteiger partial charge is 0 e. The second-order valence-electron chi connectivity index (χ2n) is 0. The zero-order chi connectivity index (χ0) is 0. The molecule has 5 heavy (non-hydrogen) atoms. The minimum Gasteiger partial charge on any atom is -0.0149 e. The summed E-state index contributed by atoms with van der Waals surface area (Å²) in [4.78, 5) is 0. The maximum Gasteiger partial charge on any atom is 0 e. The molecule has 35 valence electrons. The van der Waals surface area contributed by atoms with E-state index >= 15 is 0 Å². The van der Waals surface area contributed by atoms with Gasteiger partial charge in [0.05, 0.1) is 0 Å². The molecule has 0 aromatic carbocycles. The second kappa shape index (κ2) is 30.9. The Kier molecular flexibility index (Phi) is 306. The molecule has 5 heteroatoms. The van der Waals surface area contributed by atoms with Crippen LogP contribution in [0.3, 0.4) is 0 Å². The summed E-state index contributed by atoms with van der Waals surface area (Å²) >= 11 is 0. The normalized spacial score (nSPS) is 0. The van der Waals surface area contributed by atoms with Crippen molar-refractivity contribution in [3.05, 3.63) is 0 Å². The maximum atomic E-state index is 0. The Morgan fingerprint density at radius 2 is 1.00 bits per heavy atom. The van der Waals surface area contributed by atoms with Crippen LogP contribution < -0.4 is 0 Å². The van der Waals surface area contributed by atoms with Gasteiger partial charge in [0, 0.05) is 74.7 Å². The van der Waals surface area contributed by atoms with Gasteiger partial charge in [0.2, 0.25) is 0 Å². The van der Waals surface area contributed by atoms with Gasteiger partial charge < -0.3 is 0 Å². The summed E-state index contributed by atoms with van der Waals surface area (Å²) in [5.41, 5.74) is 0. The molecule has 0 atom stereocenters. The van der Waals surface area contributed by atoms with Gasteiger partial charge in [-0.15, -0.1) is 0 Å². The first-order valence-electron chi connectivity index (χ1n) is 0. The Balaban J connectivity index is 0. The monoisotopic (exact) mass is 313 g/mol. The topological polar surface area (TPSA) is 0 Å². The summed E-state index contributed by atoms with van der Waals surface area (Å²) in [6.45, 7) is 0. The predicted octanol–water partition coefficient (Wildman–Crippen LogP) is -1.46. The molecule has 0 aliphatic rings. The largest absolute Gasteiger partial charge is 0.0149 e. The molecule has 1 radical (unpaired) electrons. The van der Waals surface area contributed by atoms with Gasteiger partial charge in [-0.2, -0.15) is 0 Å². The van der Waals surface area contributed by atoms with E-state index in [1.807, 2.05) is 0 Å². The summed E-state index contributed by atoms with van der Waals surface area (Å²) in [6.07, 6.45) is 0. The van der Waals surface area contributed by atoms with E-state index in [1.165, 1.54) is 0 Å². The van der Waals surface area contributed by atoms with Gasteiger partial charge in [0.25, 0.3) is 0 Å². The SMILES string of the molecule is [Cu].[Fe].[Mo].[SiH4].[Zn]. The third-order valence-corrected chi connectivity index (χ3v) is 0. The number of rotatable bonds is 0. The van der Waals surface area contributed by atoms with Gasteiger partial charge in [-0.05, 0) is 11.0 Å². The molecule has 0 saturated carbocycles. The fourth-order valence-electron chi connectivity index (χ4n) is 0. The van der Waals surface area contributed by atoms with Gasteiger partial charge in [-0.1, -0.05) is 0 Å². The predicted molar refractivity (Wildman–Crippen MR) is 11.3 cm³/mol. The van der Waals surface area contributed by atoms with Gasteiger partial charge in [0.15, 0.2) is 0 Å². The molecule has 0 nitrogen and oxygen atoms in total. The standard InChI is InChI=1S/Cu.Fe.Mo.H4Si.Zn/h;;;1H4;. The zero-order valence-corrected chi connectivity index (χ0v) is 8.79. The fourth-order valence-corrected chi connectivity index (χ4v) is 0. The molecule has 0 amide bonds. The van der Waals surface area contributed by atoms with Crippen LogP contribution >= 0.6 is 0 Å². The molecule has 0 aromatic heterocycles. The van der Waals surface area contributed by atoms with Crippen molar-refractivity contribution in [2.45, 2.75) is 0 Å². The molecule has 0 heterocycles. The first kappa shape index (κ1) is 49.5. The minimum atomic E-state index is 0. The number of hydrogen-bond donors (Lipinski definition) is 0. The minimum absolute atomic E-state index is 0. The molecule has 0 unspecified atom stereocenters. The molecule has 0 N–H and O–H groups in total. The van der Waals surface area contributed by atoms with E-state index in [9.17, 15) is 0 Å². The molecule has 0 aromatic rings. The van der Waals surface area contributed by atoms with E-state index in [0.717, 1.165) is 0 Å². The quantitative estimate of drug-likeness (QED) is 0.480. The van der Waals surface area contributed by atoms with Crippen LogP contribution in [0.25, 0.3) is 0 Å². The van der Waals surface area contributed by atoms with Crippen molar-refractivity contribution in [1.29, 1.82) is 0 Å². The first-order chi connectivity index (χ1) is 0. The molecular formula is H4CuFeMoSiZn. The zero-order valence-electron chi connectivity index (χ0n) is 1.77. The molecule has 0 fully saturated rings. The van der Waals surface area contributed by atoms with Gasteiger partial charge in [0.1, 0.15) is 0 Å². The van der Waals surface area contributed by atoms with E-state index in [4.69, 9.17) is 0 Å². The summed E-state index contributed by atoms with van der Waals surface area (Å²) in [5.74, 6) is 0. The van der Waals surface area contributed by atoms with Crippen LogP contribution in [0.4, 0.5) is 0 Å². The van der Waals surface area contributed by atoms with Crippen LogP contribution in [0.15, 0.2) is 0 Å². The Bertz CT molecular complexity index is 11.6. The molecule has 0 saturated heterocycles. The van der Waals surface area contributed by atoms with Crippen LogP contribution in [0, 0.1) is 0 Å². The average molecular weight is 313 g/mol. The Morgan fingerprint density at radius 3 is 1.00 bits per heavy atom. The van der Waals surface area contributed by atoms with E-state index in [2.05, 4.69) is 0 Å². The van der Waals surface area contributed by atoms with Crippen LogP contribution in [0.2, 0.25) is 0 Å². The van der Waals surface area contributed by atoms with Crippen molar-refractivity contribution >= 4 is 11.0 Å². The molecule has 0 bridgehead atoms.